The van der Waals surface area contributed by atoms with Gasteiger partial charge in [-0.25, -0.2) is 0 Å². The van der Waals surface area contributed by atoms with Crippen molar-refractivity contribution in [3.63, 3.8) is 0 Å². The van der Waals surface area contributed by atoms with Crippen LogP contribution in [0.5, 0.6) is 0 Å². The lowest BCUT2D eigenvalue weighted by Crippen LogP contribution is -2.20. The molecule has 1 aromatic carbocycles. The molecular formula is C15H24N2. The van der Waals surface area contributed by atoms with Crippen LogP contribution in [0.3, 0.4) is 0 Å². The van der Waals surface area contributed by atoms with Crippen LogP contribution in [0.4, 0.5) is 5.69 Å². The Hall–Kier alpha value is -1.02. The van der Waals surface area contributed by atoms with Gasteiger partial charge in [-0.05, 0) is 55.9 Å². The number of nitrogens with two attached hydrogens (primary N) is 1. The van der Waals surface area contributed by atoms with Gasteiger partial charge in [-0.2, -0.15) is 0 Å². The van der Waals surface area contributed by atoms with Crippen LogP contribution in [-0.2, 0) is 6.42 Å². The van der Waals surface area contributed by atoms with Crippen LogP contribution in [0, 0.1) is 12.8 Å². The third-order valence-electron chi connectivity index (χ3n) is 3.66. The fraction of sp³-hybridized carbons (Fsp3) is 0.600. The molecule has 1 aliphatic heterocycles. The van der Waals surface area contributed by atoms with Crippen molar-refractivity contribution in [3.8, 4) is 0 Å². The summed E-state index contributed by atoms with van der Waals surface area (Å²) in [7, 11) is 0. The van der Waals surface area contributed by atoms with Gasteiger partial charge in [-0.3, -0.25) is 0 Å². The number of nitrogens with zero attached hydrogens (tertiary/aromatic N) is 1. The zero-order chi connectivity index (χ0) is 12.4. The zero-order valence-electron chi connectivity index (χ0n) is 11.2. The molecule has 0 aromatic heterocycles. The molecule has 0 amide bonds. The second kappa shape index (κ2) is 5.09. The SMILES string of the molecule is Cc1cc(N2CCC(C)C2)ccc1CC(C)N. The summed E-state index contributed by atoms with van der Waals surface area (Å²) in [6, 6.07) is 7.06. The molecule has 2 unspecified atom stereocenters. The van der Waals surface area contributed by atoms with E-state index in [1.807, 2.05) is 0 Å². The Morgan fingerprint density at radius 1 is 1.47 bits per heavy atom. The predicted molar refractivity (Wildman–Crippen MR) is 74.5 cm³/mol. The van der Waals surface area contributed by atoms with E-state index in [9.17, 15) is 0 Å². The Labute approximate surface area is 105 Å². The Bertz CT molecular complexity index is 385. The fourth-order valence-corrected chi connectivity index (χ4v) is 2.62. The molecule has 0 aliphatic carbocycles. The van der Waals surface area contributed by atoms with Gasteiger partial charge in [0.1, 0.15) is 0 Å². The Morgan fingerprint density at radius 2 is 2.24 bits per heavy atom. The average Bonchev–Trinajstić information content (AvgIpc) is 2.67. The van der Waals surface area contributed by atoms with E-state index in [0.717, 1.165) is 12.3 Å². The molecule has 2 heteroatoms. The van der Waals surface area contributed by atoms with Crippen molar-refractivity contribution in [2.24, 2.45) is 11.7 Å². The number of hydrogen-bond acceptors (Lipinski definition) is 2. The lowest BCUT2D eigenvalue weighted by molar-refractivity contribution is 0.659. The Morgan fingerprint density at radius 3 is 2.76 bits per heavy atom. The van der Waals surface area contributed by atoms with E-state index in [4.69, 9.17) is 5.73 Å². The summed E-state index contributed by atoms with van der Waals surface area (Å²) in [4.78, 5) is 2.49. The van der Waals surface area contributed by atoms with Crippen LogP contribution in [-0.4, -0.2) is 19.1 Å². The molecular weight excluding hydrogens is 208 g/mol. The largest absolute Gasteiger partial charge is 0.371 e. The normalized spacial score (nSPS) is 21.9. The summed E-state index contributed by atoms with van der Waals surface area (Å²) in [5, 5.41) is 0. The van der Waals surface area contributed by atoms with E-state index in [1.165, 1.54) is 36.3 Å². The van der Waals surface area contributed by atoms with E-state index in [-0.39, 0.29) is 6.04 Å². The molecule has 0 spiro atoms. The number of hydrogen-bond donors (Lipinski definition) is 1. The predicted octanol–water partition coefficient (Wildman–Crippen LogP) is 2.73. The summed E-state index contributed by atoms with van der Waals surface area (Å²) in [5.74, 6) is 0.832. The highest BCUT2D eigenvalue weighted by atomic mass is 15.1. The van der Waals surface area contributed by atoms with Gasteiger partial charge < -0.3 is 10.6 Å². The minimum atomic E-state index is 0.242. The van der Waals surface area contributed by atoms with Gasteiger partial charge in [0, 0.05) is 24.8 Å². The van der Waals surface area contributed by atoms with Crippen molar-refractivity contribution >= 4 is 5.69 Å². The first-order chi connectivity index (χ1) is 8.06. The first-order valence-corrected chi connectivity index (χ1v) is 6.66. The monoisotopic (exact) mass is 232 g/mol. The van der Waals surface area contributed by atoms with E-state index in [0.29, 0.717) is 0 Å². The van der Waals surface area contributed by atoms with Gasteiger partial charge in [0.2, 0.25) is 0 Å². The minimum Gasteiger partial charge on any atom is -0.371 e. The molecule has 2 atom stereocenters. The summed E-state index contributed by atoms with van der Waals surface area (Å²) < 4.78 is 0. The molecule has 1 fully saturated rings. The first kappa shape index (κ1) is 12.4. The maximum atomic E-state index is 5.86. The molecule has 17 heavy (non-hydrogen) atoms. The highest BCUT2D eigenvalue weighted by molar-refractivity contribution is 5.51. The van der Waals surface area contributed by atoms with E-state index in [2.05, 4.69) is 43.9 Å². The van der Waals surface area contributed by atoms with Crippen molar-refractivity contribution in [3.05, 3.63) is 29.3 Å². The quantitative estimate of drug-likeness (QED) is 0.868. The summed E-state index contributed by atoms with van der Waals surface area (Å²) >= 11 is 0. The molecule has 2 nitrogen and oxygen atoms in total. The third kappa shape index (κ3) is 3.01. The highest BCUT2D eigenvalue weighted by Crippen LogP contribution is 2.25. The van der Waals surface area contributed by atoms with Crippen LogP contribution >= 0.6 is 0 Å². The molecule has 0 radical (unpaired) electrons. The maximum absolute atomic E-state index is 5.86. The standard InChI is InChI=1S/C15H24N2/c1-11-6-7-17(10-11)15-5-4-14(9-13(3)16)12(2)8-15/h4-5,8,11,13H,6-7,9-10,16H2,1-3H3. The first-order valence-electron chi connectivity index (χ1n) is 6.66. The molecule has 0 saturated carbocycles. The third-order valence-corrected chi connectivity index (χ3v) is 3.66. The second-order valence-electron chi connectivity index (χ2n) is 5.63. The average molecular weight is 232 g/mol. The number of rotatable bonds is 3. The van der Waals surface area contributed by atoms with E-state index < -0.39 is 0 Å². The van der Waals surface area contributed by atoms with Gasteiger partial charge in [0.05, 0.1) is 0 Å². The van der Waals surface area contributed by atoms with Crippen molar-refractivity contribution < 1.29 is 0 Å². The van der Waals surface area contributed by atoms with Crippen LogP contribution < -0.4 is 10.6 Å². The van der Waals surface area contributed by atoms with Crippen LogP contribution in [0.1, 0.15) is 31.4 Å². The van der Waals surface area contributed by atoms with Crippen molar-refractivity contribution in [2.75, 3.05) is 18.0 Å². The fourth-order valence-electron chi connectivity index (χ4n) is 2.62. The van der Waals surface area contributed by atoms with Crippen molar-refractivity contribution in [2.45, 2.75) is 39.7 Å². The van der Waals surface area contributed by atoms with E-state index >= 15 is 0 Å². The number of benzene rings is 1. The molecule has 1 aliphatic rings. The number of anilines is 1. The number of aryl methyl sites for hydroxylation is 1. The van der Waals surface area contributed by atoms with Gasteiger partial charge in [-0.15, -0.1) is 0 Å². The maximum Gasteiger partial charge on any atom is 0.0369 e. The smallest absolute Gasteiger partial charge is 0.0369 e. The molecule has 1 heterocycles. The molecule has 1 aromatic rings. The van der Waals surface area contributed by atoms with Crippen molar-refractivity contribution in [1.29, 1.82) is 0 Å². The summed E-state index contributed by atoms with van der Waals surface area (Å²) in [5.41, 5.74) is 10.00. The van der Waals surface area contributed by atoms with Crippen LogP contribution in [0.15, 0.2) is 18.2 Å². The molecule has 94 valence electrons. The summed E-state index contributed by atoms with van der Waals surface area (Å²) in [6.07, 6.45) is 2.29. The molecule has 1 saturated heterocycles. The van der Waals surface area contributed by atoms with E-state index in [1.54, 1.807) is 0 Å². The van der Waals surface area contributed by atoms with Gasteiger partial charge >= 0.3 is 0 Å². The second-order valence-corrected chi connectivity index (χ2v) is 5.63. The Kier molecular flexibility index (Phi) is 3.72. The minimum absolute atomic E-state index is 0.242. The zero-order valence-corrected chi connectivity index (χ0v) is 11.2. The summed E-state index contributed by atoms with van der Waals surface area (Å²) in [6.45, 7) is 8.99. The molecule has 2 N–H and O–H groups in total. The lowest BCUT2D eigenvalue weighted by Gasteiger charge is -2.20. The highest BCUT2D eigenvalue weighted by Gasteiger charge is 2.19. The lowest BCUT2D eigenvalue weighted by atomic mass is 10.0. The molecule has 0 bridgehead atoms. The van der Waals surface area contributed by atoms with Gasteiger partial charge in [-0.1, -0.05) is 13.0 Å². The van der Waals surface area contributed by atoms with Crippen LogP contribution in [0.2, 0.25) is 0 Å². The van der Waals surface area contributed by atoms with Gasteiger partial charge in [0.15, 0.2) is 0 Å². The van der Waals surface area contributed by atoms with Gasteiger partial charge in [0.25, 0.3) is 0 Å². The molecule has 2 rings (SSSR count). The Balaban J connectivity index is 2.13. The van der Waals surface area contributed by atoms with Crippen LogP contribution in [0.25, 0.3) is 0 Å². The van der Waals surface area contributed by atoms with Crippen molar-refractivity contribution in [1.82, 2.24) is 0 Å². The topological polar surface area (TPSA) is 29.3 Å².